The van der Waals surface area contributed by atoms with E-state index in [2.05, 4.69) is 32.1 Å². The Balaban J connectivity index is 1.47. The zero-order valence-electron chi connectivity index (χ0n) is 24.2. The number of fused-ring (bicyclic) bond motifs is 1. The summed E-state index contributed by atoms with van der Waals surface area (Å²) in [4.78, 5) is 30.1. The van der Waals surface area contributed by atoms with Crippen LogP contribution in [0.15, 0.2) is 95.0 Å². The fourth-order valence-corrected chi connectivity index (χ4v) is 4.87. The Bertz CT molecular complexity index is 1650. The van der Waals surface area contributed by atoms with E-state index in [0.29, 0.717) is 25.2 Å². The molecular formula is C32H34N6O4. The van der Waals surface area contributed by atoms with Gasteiger partial charge < -0.3 is 23.7 Å². The second-order valence-electron chi connectivity index (χ2n) is 9.91. The maximum atomic E-state index is 12.6. The quantitative estimate of drug-likeness (QED) is 0.100. The van der Waals surface area contributed by atoms with E-state index >= 15 is 0 Å². The molecule has 0 unspecified atom stereocenters. The molecule has 0 aliphatic carbocycles. The summed E-state index contributed by atoms with van der Waals surface area (Å²) in [5.41, 5.74) is 2.43. The third-order valence-corrected chi connectivity index (χ3v) is 6.91. The van der Waals surface area contributed by atoms with Crippen molar-refractivity contribution in [3.63, 3.8) is 0 Å². The summed E-state index contributed by atoms with van der Waals surface area (Å²) in [6.07, 6.45) is 3.85. The van der Waals surface area contributed by atoms with Crippen LogP contribution in [-0.2, 0) is 16.9 Å². The van der Waals surface area contributed by atoms with Crippen LogP contribution in [0.4, 0.5) is 5.95 Å². The van der Waals surface area contributed by atoms with Crippen LogP contribution in [0.2, 0.25) is 0 Å². The maximum absolute atomic E-state index is 12.6. The number of H-pyrrole nitrogens is 1. The van der Waals surface area contributed by atoms with E-state index in [9.17, 15) is 4.79 Å². The van der Waals surface area contributed by atoms with Gasteiger partial charge in [0, 0.05) is 20.6 Å². The van der Waals surface area contributed by atoms with Gasteiger partial charge in [-0.15, -0.1) is 0 Å². The van der Waals surface area contributed by atoms with Gasteiger partial charge in [0.2, 0.25) is 5.95 Å². The Hall–Kier alpha value is -4.96. The number of ether oxygens (including phenoxy) is 3. The highest BCUT2D eigenvalue weighted by Crippen LogP contribution is 2.41. The van der Waals surface area contributed by atoms with E-state index in [0.717, 1.165) is 28.2 Å². The summed E-state index contributed by atoms with van der Waals surface area (Å²) >= 11 is 0. The minimum atomic E-state index is -0.903. The SMILES string of the molecule is COc1ccc(C(OCCCn2cnc3c(=O)[nH]c(N=CN(C)C)nc32)(c2ccccc2)c2ccc(OC)cc2)cc1. The smallest absolute Gasteiger partial charge is 0.280 e. The van der Waals surface area contributed by atoms with Crippen LogP contribution in [0.1, 0.15) is 23.1 Å². The number of nitrogens with zero attached hydrogens (tertiary/aromatic N) is 5. The lowest BCUT2D eigenvalue weighted by atomic mass is 9.80. The lowest BCUT2D eigenvalue weighted by molar-refractivity contribution is 0.0101. The van der Waals surface area contributed by atoms with E-state index in [1.807, 2.05) is 85.4 Å². The molecule has 0 spiro atoms. The van der Waals surface area contributed by atoms with Gasteiger partial charge in [-0.05, 0) is 47.4 Å². The molecule has 2 heterocycles. The van der Waals surface area contributed by atoms with Gasteiger partial charge in [-0.2, -0.15) is 4.98 Å². The number of methoxy groups -OCH3 is 2. The fourth-order valence-electron chi connectivity index (χ4n) is 4.87. The number of aliphatic imine (C=N–C) groups is 1. The van der Waals surface area contributed by atoms with Crippen molar-refractivity contribution in [1.82, 2.24) is 24.4 Å². The molecule has 0 radical (unpaired) electrons. The van der Waals surface area contributed by atoms with Gasteiger partial charge >= 0.3 is 0 Å². The molecule has 0 amide bonds. The standard InChI is InChI=1S/C32H34N6O4/c1-37(2)21-34-31-35-29-28(30(39)36-31)33-22-38(29)19-8-20-42-32(23-9-6-5-7-10-23,24-11-15-26(40-3)16-12-24)25-13-17-27(41-4)18-14-25/h5-7,9-18,21-22H,8,19-20H2,1-4H3,(H,35,36,39). The van der Waals surface area contributed by atoms with E-state index in [1.54, 1.807) is 31.8 Å². The molecule has 0 atom stereocenters. The second kappa shape index (κ2) is 12.7. The van der Waals surface area contributed by atoms with Crippen molar-refractivity contribution in [1.29, 1.82) is 0 Å². The fraction of sp³-hybridized carbons (Fsp3) is 0.250. The molecule has 0 aliphatic rings. The van der Waals surface area contributed by atoms with Gasteiger partial charge in [0.05, 0.1) is 33.5 Å². The molecular weight excluding hydrogens is 532 g/mol. The van der Waals surface area contributed by atoms with Crippen molar-refractivity contribution >= 4 is 23.5 Å². The summed E-state index contributed by atoms with van der Waals surface area (Å²) in [6.45, 7) is 0.946. The number of nitrogens with one attached hydrogen (secondary N) is 1. The normalized spacial score (nSPS) is 11.7. The van der Waals surface area contributed by atoms with Gasteiger partial charge in [0.1, 0.15) is 17.1 Å². The van der Waals surface area contributed by atoms with Gasteiger partial charge in [0.25, 0.3) is 5.56 Å². The zero-order chi connectivity index (χ0) is 29.5. The second-order valence-corrected chi connectivity index (χ2v) is 9.91. The number of imidazole rings is 1. The number of rotatable bonds is 12. The third-order valence-electron chi connectivity index (χ3n) is 6.91. The molecule has 1 N–H and O–H groups in total. The Labute approximate surface area is 244 Å². The molecule has 10 heteroatoms. The lowest BCUT2D eigenvalue weighted by Gasteiger charge is -2.36. The van der Waals surface area contributed by atoms with Crippen LogP contribution in [-0.4, -0.2) is 65.7 Å². The first-order valence-corrected chi connectivity index (χ1v) is 13.6. The number of aromatic nitrogens is 4. The molecule has 5 rings (SSSR count). The van der Waals surface area contributed by atoms with Gasteiger partial charge in [-0.1, -0.05) is 54.6 Å². The number of aryl methyl sites for hydroxylation is 1. The monoisotopic (exact) mass is 566 g/mol. The zero-order valence-corrected chi connectivity index (χ0v) is 24.2. The first-order valence-electron chi connectivity index (χ1n) is 13.6. The molecule has 3 aromatic carbocycles. The summed E-state index contributed by atoms with van der Waals surface area (Å²) in [5.74, 6) is 1.75. The maximum Gasteiger partial charge on any atom is 0.280 e. The number of aromatic amines is 1. The van der Waals surface area contributed by atoms with Crippen LogP contribution in [0, 0.1) is 0 Å². The van der Waals surface area contributed by atoms with Crippen molar-refractivity contribution < 1.29 is 14.2 Å². The molecule has 0 aliphatic heterocycles. The topological polar surface area (TPSA) is 107 Å². The predicted molar refractivity (Wildman–Crippen MR) is 163 cm³/mol. The van der Waals surface area contributed by atoms with Crippen molar-refractivity contribution in [3.8, 4) is 11.5 Å². The van der Waals surface area contributed by atoms with Crippen molar-refractivity contribution in [2.75, 3.05) is 34.9 Å². The highest BCUT2D eigenvalue weighted by Gasteiger charge is 2.37. The van der Waals surface area contributed by atoms with E-state index in [-0.39, 0.29) is 17.0 Å². The molecule has 216 valence electrons. The Morgan fingerprint density at radius 2 is 1.50 bits per heavy atom. The predicted octanol–water partition coefficient (Wildman–Crippen LogP) is 4.76. The summed E-state index contributed by atoms with van der Waals surface area (Å²) in [6, 6.07) is 26.1. The lowest BCUT2D eigenvalue weighted by Crippen LogP contribution is -2.33. The van der Waals surface area contributed by atoms with Crippen molar-refractivity contribution in [2.45, 2.75) is 18.6 Å². The third kappa shape index (κ3) is 5.89. The first kappa shape index (κ1) is 28.6. The molecule has 5 aromatic rings. The summed E-state index contributed by atoms with van der Waals surface area (Å²) < 4.78 is 19.6. The number of hydrogen-bond acceptors (Lipinski definition) is 7. The minimum absolute atomic E-state index is 0.223. The largest absolute Gasteiger partial charge is 0.497 e. The van der Waals surface area contributed by atoms with E-state index in [1.165, 1.54) is 0 Å². The van der Waals surface area contributed by atoms with Gasteiger partial charge in [-0.3, -0.25) is 9.78 Å². The minimum Gasteiger partial charge on any atom is -0.497 e. The van der Waals surface area contributed by atoms with Crippen LogP contribution in [0.5, 0.6) is 11.5 Å². The highest BCUT2D eigenvalue weighted by atomic mass is 16.5. The molecule has 42 heavy (non-hydrogen) atoms. The molecule has 0 fully saturated rings. The van der Waals surface area contributed by atoms with Crippen LogP contribution >= 0.6 is 0 Å². The molecule has 2 aromatic heterocycles. The highest BCUT2D eigenvalue weighted by molar-refractivity contribution is 5.71. The van der Waals surface area contributed by atoms with Gasteiger partial charge in [0.15, 0.2) is 11.2 Å². The Morgan fingerprint density at radius 1 is 0.905 bits per heavy atom. The molecule has 0 bridgehead atoms. The van der Waals surface area contributed by atoms with E-state index in [4.69, 9.17) is 14.2 Å². The Morgan fingerprint density at radius 3 is 2.07 bits per heavy atom. The molecule has 0 saturated heterocycles. The Kier molecular flexibility index (Phi) is 8.63. The van der Waals surface area contributed by atoms with Crippen molar-refractivity contribution in [3.05, 3.63) is 112 Å². The van der Waals surface area contributed by atoms with Crippen molar-refractivity contribution in [2.24, 2.45) is 4.99 Å². The first-order chi connectivity index (χ1) is 20.4. The number of benzene rings is 3. The summed E-state index contributed by atoms with van der Waals surface area (Å²) in [7, 11) is 6.99. The molecule has 10 nitrogen and oxygen atoms in total. The molecule has 0 saturated carbocycles. The number of hydrogen-bond donors (Lipinski definition) is 1. The van der Waals surface area contributed by atoms with Crippen LogP contribution in [0.25, 0.3) is 11.2 Å². The average molecular weight is 567 g/mol. The van der Waals surface area contributed by atoms with Gasteiger partial charge in [-0.25, -0.2) is 9.98 Å². The van der Waals surface area contributed by atoms with Crippen LogP contribution < -0.4 is 15.0 Å². The summed E-state index contributed by atoms with van der Waals surface area (Å²) in [5, 5.41) is 0. The van der Waals surface area contributed by atoms with Crippen LogP contribution in [0.3, 0.4) is 0 Å². The van der Waals surface area contributed by atoms with E-state index < -0.39 is 5.60 Å². The average Bonchev–Trinajstić information content (AvgIpc) is 3.44.